The van der Waals surface area contributed by atoms with E-state index in [1.807, 2.05) is 0 Å². The number of methoxy groups -OCH3 is 4. The lowest BCUT2D eigenvalue weighted by atomic mass is 10.2. The topological polar surface area (TPSA) is 108 Å². The first-order valence-electron chi connectivity index (χ1n) is 8.80. The normalized spacial score (nSPS) is 11.7. The molecule has 0 saturated heterocycles. The molecule has 0 saturated carbocycles. The third-order valence-corrected chi connectivity index (χ3v) is 4.54. The Balaban J connectivity index is 2.34. The quantitative estimate of drug-likeness (QED) is 0.420. The Morgan fingerprint density at radius 3 is 2.06 bits per heavy atom. The van der Waals surface area contributed by atoms with Gasteiger partial charge in [0.05, 0.1) is 33.5 Å². The van der Waals surface area contributed by atoms with Gasteiger partial charge in [-0.2, -0.15) is 10.2 Å². The summed E-state index contributed by atoms with van der Waals surface area (Å²) in [5.74, 6) is -0.0416. The van der Waals surface area contributed by atoms with Crippen molar-refractivity contribution in [1.29, 1.82) is 0 Å². The molecule has 0 aromatic heterocycles. The van der Waals surface area contributed by atoms with Crippen molar-refractivity contribution in [2.24, 2.45) is 10.2 Å². The van der Waals surface area contributed by atoms with Crippen molar-refractivity contribution in [2.45, 2.75) is 13.0 Å². The molecule has 2 aromatic carbocycles. The lowest BCUT2D eigenvalue weighted by Gasteiger charge is -2.14. The maximum Gasteiger partial charge on any atom is 0.258 e. The largest absolute Gasteiger partial charge is 0.493 e. The standard InChI is InChI=1S/C20H21Cl2N3O6/c1-10(26)17(25-24-14-6-11(21)7-15(28-2)19(14)31-5)20(27)23-12-8-13(22)18(30-4)16(9-12)29-3/h6-9,17H,1-5H3,(H,23,27). The van der Waals surface area contributed by atoms with Crippen molar-refractivity contribution in [3.63, 3.8) is 0 Å². The average Bonchev–Trinajstić information content (AvgIpc) is 2.72. The number of Topliss-reactive ketones (excluding diaryl/α,β-unsaturated/α-hetero) is 1. The molecule has 2 aromatic rings. The Morgan fingerprint density at radius 1 is 0.903 bits per heavy atom. The van der Waals surface area contributed by atoms with Crippen LogP contribution in [0.25, 0.3) is 0 Å². The van der Waals surface area contributed by atoms with Crippen LogP contribution >= 0.6 is 23.2 Å². The van der Waals surface area contributed by atoms with E-state index in [0.717, 1.165) is 0 Å². The van der Waals surface area contributed by atoms with Gasteiger partial charge in [-0.1, -0.05) is 23.2 Å². The van der Waals surface area contributed by atoms with Crippen molar-refractivity contribution >= 4 is 46.3 Å². The van der Waals surface area contributed by atoms with Crippen LogP contribution in [-0.2, 0) is 9.59 Å². The molecule has 1 amide bonds. The highest BCUT2D eigenvalue weighted by Crippen LogP contribution is 2.40. The fourth-order valence-corrected chi connectivity index (χ4v) is 3.12. The number of anilines is 1. The van der Waals surface area contributed by atoms with Gasteiger partial charge in [0.2, 0.25) is 6.04 Å². The maximum absolute atomic E-state index is 12.7. The molecule has 0 bridgehead atoms. The Kier molecular flexibility index (Phi) is 8.47. The van der Waals surface area contributed by atoms with Crippen molar-refractivity contribution in [3.8, 4) is 23.0 Å². The van der Waals surface area contributed by atoms with Crippen LogP contribution in [0, 0.1) is 0 Å². The first-order chi connectivity index (χ1) is 14.7. The highest BCUT2D eigenvalue weighted by Gasteiger charge is 2.24. The van der Waals surface area contributed by atoms with E-state index in [1.165, 1.54) is 59.6 Å². The molecule has 1 unspecified atom stereocenters. The van der Waals surface area contributed by atoms with E-state index in [-0.39, 0.29) is 22.1 Å². The van der Waals surface area contributed by atoms with Gasteiger partial charge in [-0.15, -0.1) is 0 Å². The predicted octanol–water partition coefficient (Wildman–Crippen LogP) is 4.71. The summed E-state index contributed by atoms with van der Waals surface area (Å²) in [6, 6.07) is 4.54. The summed E-state index contributed by atoms with van der Waals surface area (Å²) in [4.78, 5) is 24.8. The molecular weight excluding hydrogens is 449 g/mol. The van der Waals surface area contributed by atoms with Crippen LogP contribution in [0.15, 0.2) is 34.5 Å². The first-order valence-corrected chi connectivity index (χ1v) is 9.56. The Hall–Kier alpha value is -3.04. The van der Waals surface area contributed by atoms with Gasteiger partial charge in [0.1, 0.15) is 5.69 Å². The number of hydrogen-bond donors (Lipinski definition) is 1. The number of hydrogen-bond acceptors (Lipinski definition) is 8. The number of amides is 1. The Morgan fingerprint density at radius 2 is 1.52 bits per heavy atom. The Labute approximate surface area is 189 Å². The summed E-state index contributed by atoms with van der Waals surface area (Å²) >= 11 is 12.2. The number of rotatable bonds is 9. The van der Waals surface area contributed by atoms with Gasteiger partial charge >= 0.3 is 0 Å². The molecule has 0 radical (unpaired) electrons. The molecular formula is C20H21Cl2N3O6. The zero-order valence-corrected chi connectivity index (χ0v) is 19.0. The molecule has 0 fully saturated rings. The van der Waals surface area contributed by atoms with Crippen LogP contribution in [0.4, 0.5) is 11.4 Å². The average molecular weight is 470 g/mol. The third-order valence-electron chi connectivity index (χ3n) is 4.04. The smallest absolute Gasteiger partial charge is 0.258 e. The minimum atomic E-state index is -1.43. The number of benzene rings is 2. The van der Waals surface area contributed by atoms with E-state index < -0.39 is 17.7 Å². The van der Waals surface area contributed by atoms with Crippen molar-refractivity contribution in [2.75, 3.05) is 33.8 Å². The fraction of sp³-hybridized carbons (Fsp3) is 0.300. The highest BCUT2D eigenvalue weighted by atomic mass is 35.5. The van der Waals surface area contributed by atoms with Crippen LogP contribution in [0.5, 0.6) is 23.0 Å². The monoisotopic (exact) mass is 469 g/mol. The maximum atomic E-state index is 12.7. The van der Waals surface area contributed by atoms with E-state index in [9.17, 15) is 9.59 Å². The number of ketones is 1. The zero-order chi connectivity index (χ0) is 23.1. The predicted molar refractivity (Wildman–Crippen MR) is 117 cm³/mol. The minimum Gasteiger partial charge on any atom is -0.493 e. The molecule has 0 heterocycles. The third kappa shape index (κ3) is 5.77. The summed E-state index contributed by atoms with van der Waals surface area (Å²) in [5, 5.41) is 11.0. The van der Waals surface area contributed by atoms with E-state index in [2.05, 4.69) is 15.5 Å². The number of nitrogens with zero attached hydrogens (tertiary/aromatic N) is 2. The molecule has 0 aliphatic carbocycles. The van der Waals surface area contributed by atoms with Gasteiger partial charge in [-0.25, -0.2) is 0 Å². The van der Waals surface area contributed by atoms with Gasteiger partial charge in [0.15, 0.2) is 28.8 Å². The number of carbonyl (C=O) groups excluding carboxylic acids is 2. The van der Waals surface area contributed by atoms with Gasteiger partial charge in [-0.05, 0) is 19.1 Å². The minimum absolute atomic E-state index is 0.195. The number of halogens is 2. The van der Waals surface area contributed by atoms with Crippen LogP contribution in [0.3, 0.4) is 0 Å². The van der Waals surface area contributed by atoms with Crippen LogP contribution in [0.1, 0.15) is 6.92 Å². The van der Waals surface area contributed by atoms with Crippen molar-refractivity contribution in [3.05, 3.63) is 34.3 Å². The summed E-state index contributed by atoms with van der Waals surface area (Å²) < 4.78 is 20.8. The summed E-state index contributed by atoms with van der Waals surface area (Å²) in [5.41, 5.74) is 0.483. The fourth-order valence-electron chi connectivity index (χ4n) is 2.62. The van der Waals surface area contributed by atoms with E-state index in [1.54, 1.807) is 0 Å². The lowest BCUT2D eigenvalue weighted by molar-refractivity contribution is -0.126. The summed E-state index contributed by atoms with van der Waals surface area (Å²) in [7, 11) is 5.72. The second-order valence-corrected chi connectivity index (χ2v) is 6.92. The molecule has 11 heteroatoms. The van der Waals surface area contributed by atoms with E-state index in [4.69, 9.17) is 42.1 Å². The summed E-state index contributed by atoms with van der Waals surface area (Å²) in [6.07, 6.45) is 0. The number of carbonyl (C=O) groups is 2. The molecule has 2 rings (SSSR count). The molecule has 0 aliphatic rings. The molecule has 0 spiro atoms. The second kappa shape index (κ2) is 10.8. The number of ether oxygens (including phenoxy) is 4. The second-order valence-electron chi connectivity index (χ2n) is 6.07. The van der Waals surface area contributed by atoms with Gasteiger partial charge in [0.25, 0.3) is 5.91 Å². The molecule has 1 atom stereocenters. The van der Waals surface area contributed by atoms with E-state index in [0.29, 0.717) is 22.3 Å². The Bertz CT molecular complexity index is 1010. The SMILES string of the molecule is COc1cc(NC(=O)C(N=Nc2cc(Cl)cc(OC)c2OC)C(C)=O)cc(Cl)c1OC. The molecule has 31 heavy (non-hydrogen) atoms. The van der Waals surface area contributed by atoms with Gasteiger partial charge in [0, 0.05) is 22.8 Å². The summed E-state index contributed by atoms with van der Waals surface area (Å²) in [6.45, 7) is 1.22. The lowest BCUT2D eigenvalue weighted by Crippen LogP contribution is -2.31. The molecule has 9 nitrogen and oxygen atoms in total. The number of nitrogens with one attached hydrogen (secondary N) is 1. The van der Waals surface area contributed by atoms with Crippen LogP contribution in [-0.4, -0.2) is 46.2 Å². The van der Waals surface area contributed by atoms with Crippen LogP contribution in [0.2, 0.25) is 10.0 Å². The van der Waals surface area contributed by atoms with E-state index >= 15 is 0 Å². The molecule has 1 N–H and O–H groups in total. The van der Waals surface area contributed by atoms with Crippen LogP contribution < -0.4 is 24.3 Å². The molecule has 166 valence electrons. The van der Waals surface area contributed by atoms with Crippen molar-refractivity contribution in [1.82, 2.24) is 0 Å². The molecule has 0 aliphatic heterocycles. The van der Waals surface area contributed by atoms with Crippen molar-refractivity contribution < 1.29 is 28.5 Å². The highest BCUT2D eigenvalue weighted by molar-refractivity contribution is 6.32. The number of azo groups is 1. The van der Waals surface area contributed by atoms with Gasteiger partial charge in [-0.3, -0.25) is 9.59 Å². The first kappa shape index (κ1) is 24.2. The zero-order valence-electron chi connectivity index (χ0n) is 17.5. The van der Waals surface area contributed by atoms with Gasteiger partial charge < -0.3 is 24.3 Å².